The van der Waals surface area contributed by atoms with Gasteiger partial charge in [0.05, 0.1) is 6.10 Å². The minimum Gasteiger partial charge on any atom is -0.393 e. The summed E-state index contributed by atoms with van der Waals surface area (Å²) >= 11 is 0. The number of alkyl halides is 1. The van der Waals surface area contributed by atoms with Gasteiger partial charge in [-0.1, -0.05) is 43.4 Å². The standard InChI is InChI=1S/C23H27FO3/c1-14-11-16-17-6-9-23(27,7-4-10-24)22(17,3)13-19(26)20(16)21(2)8-5-15(25)12-18(14)21/h5,8,11-12,16-17,19-20,26-27H,6,9-10,13H2,1-3H3/t16-,17-,19-,20+,21-,22-,23-/m0/s1. The molecule has 0 aliphatic heterocycles. The predicted molar refractivity (Wildman–Crippen MR) is 101 cm³/mol. The van der Waals surface area contributed by atoms with Crippen molar-refractivity contribution in [1.82, 2.24) is 0 Å². The van der Waals surface area contributed by atoms with Gasteiger partial charge in [0.2, 0.25) is 0 Å². The molecule has 0 aromatic heterocycles. The van der Waals surface area contributed by atoms with Gasteiger partial charge in [-0.3, -0.25) is 4.79 Å². The van der Waals surface area contributed by atoms with Crippen LogP contribution in [-0.2, 0) is 4.79 Å². The molecule has 0 bridgehead atoms. The Kier molecular flexibility index (Phi) is 4.07. The van der Waals surface area contributed by atoms with Crippen molar-refractivity contribution in [1.29, 1.82) is 0 Å². The van der Waals surface area contributed by atoms with E-state index in [-0.39, 0.29) is 23.5 Å². The molecule has 0 radical (unpaired) electrons. The van der Waals surface area contributed by atoms with E-state index in [9.17, 15) is 19.4 Å². The Hall–Kier alpha value is -1.70. The lowest BCUT2D eigenvalue weighted by molar-refractivity contribution is -0.129. The first-order chi connectivity index (χ1) is 12.7. The molecular formula is C23H27FO3. The van der Waals surface area contributed by atoms with Gasteiger partial charge < -0.3 is 10.2 Å². The molecule has 0 saturated heterocycles. The Morgan fingerprint density at radius 3 is 2.81 bits per heavy atom. The summed E-state index contributed by atoms with van der Waals surface area (Å²) in [6.45, 7) is 5.34. The zero-order valence-corrected chi connectivity index (χ0v) is 16.1. The fourth-order valence-electron chi connectivity index (χ4n) is 6.58. The first kappa shape index (κ1) is 18.7. The molecule has 0 amide bonds. The van der Waals surface area contributed by atoms with Crippen molar-refractivity contribution in [3.8, 4) is 11.8 Å². The fourth-order valence-corrected chi connectivity index (χ4v) is 6.58. The van der Waals surface area contributed by atoms with Gasteiger partial charge in [-0.05, 0) is 55.7 Å². The molecule has 4 aliphatic carbocycles. The average Bonchev–Trinajstić information content (AvgIpc) is 2.86. The normalized spacial score (nSPS) is 47.9. The maximum Gasteiger partial charge on any atom is 0.178 e. The van der Waals surface area contributed by atoms with E-state index in [0.717, 1.165) is 17.6 Å². The van der Waals surface area contributed by atoms with Gasteiger partial charge in [0, 0.05) is 16.7 Å². The van der Waals surface area contributed by atoms with Crippen molar-refractivity contribution < 1.29 is 19.4 Å². The number of fused-ring (bicyclic) bond motifs is 5. The van der Waals surface area contributed by atoms with Crippen LogP contribution >= 0.6 is 0 Å². The van der Waals surface area contributed by atoms with Gasteiger partial charge in [0.25, 0.3) is 0 Å². The third-order valence-corrected chi connectivity index (χ3v) is 7.89. The smallest absolute Gasteiger partial charge is 0.178 e. The van der Waals surface area contributed by atoms with Crippen molar-refractivity contribution >= 4 is 5.78 Å². The predicted octanol–water partition coefficient (Wildman–Crippen LogP) is 3.14. The number of carbonyl (C=O) groups is 1. The molecule has 3 nitrogen and oxygen atoms in total. The number of aliphatic hydroxyl groups excluding tert-OH is 1. The minimum absolute atomic E-state index is 0.0134. The highest BCUT2D eigenvalue weighted by atomic mass is 19.1. The highest BCUT2D eigenvalue weighted by Crippen LogP contribution is 2.66. The molecule has 0 spiro atoms. The molecule has 2 fully saturated rings. The van der Waals surface area contributed by atoms with Crippen molar-refractivity contribution in [2.45, 2.75) is 51.7 Å². The molecule has 27 heavy (non-hydrogen) atoms. The summed E-state index contributed by atoms with van der Waals surface area (Å²) in [4.78, 5) is 11.9. The molecular weight excluding hydrogens is 343 g/mol. The van der Waals surface area contributed by atoms with Crippen LogP contribution in [0.15, 0.2) is 35.5 Å². The molecule has 0 aromatic carbocycles. The van der Waals surface area contributed by atoms with Crippen LogP contribution in [0.2, 0.25) is 0 Å². The number of carbonyl (C=O) groups excluding carboxylic acids is 1. The summed E-state index contributed by atoms with van der Waals surface area (Å²) in [5.74, 6) is 5.37. The average molecular weight is 370 g/mol. The van der Waals surface area contributed by atoms with E-state index in [1.807, 2.05) is 19.9 Å². The van der Waals surface area contributed by atoms with Crippen LogP contribution in [0.4, 0.5) is 4.39 Å². The summed E-state index contributed by atoms with van der Waals surface area (Å²) in [7, 11) is 0. The zero-order valence-electron chi connectivity index (χ0n) is 16.1. The van der Waals surface area contributed by atoms with E-state index < -0.39 is 29.2 Å². The lowest BCUT2D eigenvalue weighted by atomic mass is 9.47. The monoisotopic (exact) mass is 370 g/mol. The maximum atomic E-state index is 12.6. The number of aliphatic hydroxyl groups is 2. The number of hydrogen-bond acceptors (Lipinski definition) is 3. The summed E-state index contributed by atoms with van der Waals surface area (Å²) in [6.07, 6.45) is 8.52. The van der Waals surface area contributed by atoms with Crippen molar-refractivity contribution in [2.75, 3.05) is 6.67 Å². The summed E-state index contributed by atoms with van der Waals surface area (Å²) in [5, 5.41) is 22.5. The lowest BCUT2D eigenvalue weighted by Crippen LogP contribution is -2.58. The summed E-state index contributed by atoms with van der Waals surface area (Å²) < 4.78 is 12.6. The largest absolute Gasteiger partial charge is 0.393 e. The molecule has 0 aromatic rings. The second-order valence-electron chi connectivity index (χ2n) is 9.16. The first-order valence-electron chi connectivity index (χ1n) is 9.77. The molecule has 7 atom stereocenters. The molecule has 144 valence electrons. The third kappa shape index (κ3) is 2.38. The second-order valence-corrected chi connectivity index (χ2v) is 9.16. The highest BCUT2D eigenvalue weighted by molar-refractivity contribution is 6.01. The van der Waals surface area contributed by atoms with Crippen LogP contribution in [0.3, 0.4) is 0 Å². The van der Waals surface area contributed by atoms with E-state index in [1.54, 1.807) is 12.2 Å². The lowest BCUT2D eigenvalue weighted by Gasteiger charge is -2.58. The van der Waals surface area contributed by atoms with E-state index in [2.05, 4.69) is 24.8 Å². The number of rotatable bonds is 0. The Bertz CT molecular complexity index is 843. The van der Waals surface area contributed by atoms with Gasteiger partial charge in [-0.2, -0.15) is 0 Å². The molecule has 0 heterocycles. The Morgan fingerprint density at radius 1 is 1.37 bits per heavy atom. The quantitative estimate of drug-likeness (QED) is 0.644. The molecule has 4 aliphatic rings. The molecule has 2 N–H and O–H groups in total. The van der Waals surface area contributed by atoms with E-state index in [0.29, 0.717) is 12.8 Å². The molecule has 0 unspecified atom stereocenters. The van der Waals surface area contributed by atoms with Crippen LogP contribution in [-0.4, -0.2) is 34.4 Å². The molecule has 4 rings (SSSR count). The maximum absolute atomic E-state index is 12.6. The van der Waals surface area contributed by atoms with Crippen LogP contribution in [0.5, 0.6) is 0 Å². The number of halogens is 1. The van der Waals surface area contributed by atoms with E-state index in [1.165, 1.54) is 0 Å². The number of hydrogen-bond donors (Lipinski definition) is 2. The second kappa shape index (κ2) is 5.90. The number of ketones is 1. The van der Waals surface area contributed by atoms with Gasteiger partial charge in [0.15, 0.2) is 5.78 Å². The van der Waals surface area contributed by atoms with Crippen LogP contribution in [0, 0.1) is 40.4 Å². The zero-order chi connectivity index (χ0) is 19.6. The summed E-state index contributed by atoms with van der Waals surface area (Å²) in [6, 6.07) is 0. The van der Waals surface area contributed by atoms with Crippen molar-refractivity contribution in [2.24, 2.45) is 28.6 Å². The van der Waals surface area contributed by atoms with Gasteiger partial charge >= 0.3 is 0 Å². The van der Waals surface area contributed by atoms with E-state index >= 15 is 0 Å². The van der Waals surface area contributed by atoms with Crippen molar-refractivity contribution in [3.05, 3.63) is 35.5 Å². The topological polar surface area (TPSA) is 57.5 Å². The fraction of sp³-hybridized carbons (Fsp3) is 0.609. The molecule has 4 heteroatoms. The Morgan fingerprint density at radius 2 is 2.11 bits per heavy atom. The third-order valence-electron chi connectivity index (χ3n) is 7.89. The minimum atomic E-state index is -1.27. The van der Waals surface area contributed by atoms with Gasteiger partial charge in [-0.25, -0.2) is 4.39 Å². The van der Waals surface area contributed by atoms with Crippen LogP contribution in [0.1, 0.15) is 40.0 Å². The van der Waals surface area contributed by atoms with Crippen LogP contribution < -0.4 is 0 Å². The van der Waals surface area contributed by atoms with Crippen LogP contribution in [0.25, 0.3) is 0 Å². The first-order valence-corrected chi connectivity index (χ1v) is 9.77. The SMILES string of the molecule is CC1=C[C@@H]2[C@H]([C@@H](O)C[C@@]3(C)[C@H]2CC[C@@]3(O)C#CCF)[C@@]2(C)C=CC(=O)C=C12. The van der Waals surface area contributed by atoms with E-state index in [4.69, 9.17) is 0 Å². The number of allylic oxidation sites excluding steroid dienone is 6. The Labute approximate surface area is 160 Å². The molecule has 2 saturated carbocycles. The van der Waals surface area contributed by atoms with Crippen molar-refractivity contribution in [3.63, 3.8) is 0 Å². The summed E-state index contributed by atoms with van der Waals surface area (Å²) in [5.41, 5.74) is -0.197. The van der Waals surface area contributed by atoms with Gasteiger partial charge in [-0.15, -0.1) is 0 Å². The Balaban J connectivity index is 1.83. The highest BCUT2D eigenvalue weighted by Gasteiger charge is 2.65. The van der Waals surface area contributed by atoms with Gasteiger partial charge in [0.1, 0.15) is 12.3 Å².